The lowest BCUT2D eigenvalue weighted by Gasteiger charge is -2.35. The summed E-state index contributed by atoms with van der Waals surface area (Å²) in [6, 6.07) is 8.84. The van der Waals surface area contributed by atoms with Crippen LogP contribution in [0.2, 0.25) is 0 Å². The molecule has 0 saturated carbocycles. The molecule has 1 aliphatic heterocycles. The van der Waals surface area contributed by atoms with E-state index < -0.39 is 38.4 Å². The Morgan fingerprint density at radius 3 is 2.70 bits per heavy atom. The number of fused-ring (bicyclic) bond motifs is 1. The lowest BCUT2D eigenvalue weighted by molar-refractivity contribution is -0.0197. The molecule has 0 spiro atoms. The summed E-state index contributed by atoms with van der Waals surface area (Å²) < 4.78 is 21.6. The van der Waals surface area contributed by atoms with Crippen LogP contribution in [0.1, 0.15) is 69.5 Å². The summed E-state index contributed by atoms with van der Waals surface area (Å²) in [5.74, 6) is -0.438. The van der Waals surface area contributed by atoms with Crippen molar-refractivity contribution in [3.8, 4) is 0 Å². The van der Waals surface area contributed by atoms with Crippen molar-refractivity contribution in [3.63, 3.8) is 0 Å². The first-order chi connectivity index (χ1) is 19.2. The molecule has 4 rings (SSSR count). The van der Waals surface area contributed by atoms with E-state index in [2.05, 4.69) is 57.9 Å². The number of aliphatic hydroxyl groups excluding tert-OH is 1. The fraction of sp³-hybridized carbons (Fsp3) is 0.500. The Kier molecular flexibility index (Phi) is 9.99. The number of aliphatic hydroxyl groups is 1. The molecule has 1 aromatic carbocycles. The molecule has 1 amide bonds. The van der Waals surface area contributed by atoms with Gasteiger partial charge in [-0.3, -0.25) is 15.1 Å². The second kappa shape index (κ2) is 13.4. The molecule has 0 aliphatic carbocycles. The highest BCUT2D eigenvalue weighted by Gasteiger charge is 2.42. The summed E-state index contributed by atoms with van der Waals surface area (Å²) in [7, 11) is -1.61. The molecule has 0 bridgehead atoms. The van der Waals surface area contributed by atoms with Crippen molar-refractivity contribution >= 4 is 32.2 Å². The van der Waals surface area contributed by atoms with Crippen LogP contribution in [0.3, 0.4) is 0 Å². The predicted octanol–water partition coefficient (Wildman–Crippen LogP) is 3.64. The molecule has 1 saturated heterocycles. The molecule has 0 radical (unpaired) electrons. The van der Waals surface area contributed by atoms with E-state index in [1.807, 2.05) is 6.92 Å². The summed E-state index contributed by atoms with van der Waals surface area (Å²) >= 11 is 0. The number of amides is 1. The molecule has 13 nitrogen and oxygen atoms in total. The first-order valence-corrected chi connectivity index (χ1v) is 14.4. The number of nitrogens with one attached hydrogen (secondary N) is 2. The average molecular weight is 574 g/mol. The van der Waals surface area contributed by atoms with E-state index in [1.54, 1.807) is 36.5 Å². The van der Waals surface area contributed by atoms with Crippen LogP contribution in [0.5, 0.6) is 0 Å². The van der Waals surface area contributed by atoms with Gasteiger partial charge in [0, 0.05) is 35.8 Å². The SMILES string of the molecule is CC/C=N/OP(OC1CC(c2cnn3c(=O)[nH]c(NC(=O)c4ccccc4)nc23)OC1CO)N(C(C)C)C(C)C. The van der Waals surface area contributed by atoms with Gasteiger partial charge in [-0.1, -0.05) is 30.3 Å². The highest BCUT2D eigenvalue weighted by atomic mass is 31.2. The maximum absolute atomic E-state index is 12.7. The minimum absolute atomic E-state index is 0.0205. The number of carbonyl (C=O) groups is 1. The second-order valence-electron chi connectivity index (χ2n) is 9.85. The molecule has 3 aromatic rings. The van der Waals surface area contributed by atoms with Gasteiger partial charge in [0.1, 0.15) is 6.10 Å². The third-order valence-corrected chi connectivity index (χ3v) is 8.23. The number of aromatic amines is 1. The van der Waals surface area contributed by atoms with Gasteiger partial charge in [0.25, 0.3) is 5.91 Å². The van der Waals surface area contributed by atoms with E-state index in [4.69, 9.17) is 13.9 Å². The van der Waals surface area contributed by atoms with Crippen LogP contribution in [0.15, 0.2) is 46.5 Å². The van der Waals surface area contributed by atoms with Gasteiger partial charge in [-0.15, -0.1) is 0 Å². The Bertz CT molecular complexity index is 1350. The van der Waals surface area contributed by atoms with E-state index in [0.717, 1.165) is 10.9 Å². The standard InChI is InChI=1S/C26H36N7O6P/c1-6-12-28-39-40(33(16(2)3)17(4)5)38-21-13-20(37-22(21)15-34)19-14-27-32-23(19)29-25(31-26(32)36)30-24(35)18-10-8-7-9-11-18/h7-12,14,16-17,20-22,34H,6,13,15H2,1-5H3,(H2,29,30,31,35,36)/b28-12+. The number of nitrogens with zero attached hydrogens (tertiary/aromatic N) is 5. The van der Waals surface area contributed by atoms with Crippen molar-refractivity contribution in [2.45, 2.75) is 77.9 Å². The summed E-state index contributed by atoms with van der Waals surface area (Å²) in [5, 5.41) is 21.0. The number of hydrogen-bond donors (Lipinski definition) is 3. The quantitative estimate of drug-likeness (QED) is 0.167. The predicted molar refractivity (Wildman–Crippen MR) is 151 cm³/mol. The average Bonchev–Trinajstić information content (AvgIpc) is 3.53. The largest absolute Gasteiger partial charge is 0.394 e. The van der Waals surface area contributed by atoms with Crippen LogP contribution in [0.25, 0.3) is 5.65 Å². The molecule has 1 aliphatic rings. The molecule has 3 heterocycles. The van der Waals surface area contributed by atoms with Crippen molar-refractivity contribution < 1.29 is 23.8 Å². The topological polar surface area (TPSA) is 156 Å². The molecule has 40 heavy (non-hydrogen) atoms. The number of aromatic nitrogens is 4. The van der Waals surface area contributed by atoms with Crippen LogP contribution in [0, 0.1) is 0 Å². The second-order valence-corrected chi connectivity index (χ2v) is 11.2. The minimum Gasteiger partial charge on any atom is -0.394 e. The normalized spacial score (nSPS) is 20.3. The Morgan fingerprint density at radius 2 is 2.05 bits per heavy atom. The summed E-state index contributed by atoms with van der Waals surface area (Å²) in [6.07, 6.45) is 2.50. The summed E-state index contributed by atoms with van der Waals surface area (Å²) in [6.45, 7) is 9.90. The molecular formula is C26H36N7O6P. The highest BCUT2D eigenvalue weighted by Crippen LogP contribution is 2.50. The van der Waals surface area contributed by atoms with Gasteiger partial charge in [0.15, 0.2) is 5.65 Å². The highest BCUT2D eigenvalue weighted by molar-refractivity contribution is 7.44. The molecule has 2 aromatic heterocycles. The van der Waals surface area contributed by atoms with Gasteiger partial charge in [-0.05, 0) is 46.2 Å². The smallest absolute Gasteiger partial charge is 0.350 e. The van der Waals surface area contributed by atoms with E-state index in [-0.39, 0.29) is 30.3 Å². The molecular weight excluding hydrogens is 537 g/mol. The van der Waals surface area contributed by atoms with E-state index in [0.29, 0.717) is 17.5 Å². The first-order valence-electron chi connectivity index (χ1n) is 13.3. The number of rotatable bonds is 12. The lowest BCUT2D eigenvalue weighted by atomic mass is 10.1. The Morgan fingerprint density at radius 1 is 1.32 bits per heavy atom. The van der Waals surface area contributed by atoms with Gasteiger partial charge < -0.3 is 19.0 Å². The van der Waals surface area contributed by atoms with E-state index in [9.17, 15) is 14.7 Å². The third kappa shape index (κ3) is 6.73. The number of hydrogen-bond acceptors (Lipinski definition) is 10. The van der Waals surface area contributed by atoms with Crippen LogP contribution in [-0.4, -0.2) is 72.4 Å². The number of ether oxygens (including phenoxy) is 1. The van der Waals surface area contributed by atoms with Gasteiger partial charge in [0.05, 0.1) is 25.0 Å². The monoisotopic (exact) mass is 573 g/mol. The third-order valence-electron chi connectivity index (χ3n) is 6.25. The lowest BCUT2D eigenvalue weighted by Crippen LogP contribution is -2.36. The zero-order valence-corrected chi connectivity index (χ0v) is 24.1. The fourth-order valence-corrected chi connectivity index (χ4v) is 6.09. The molecule has 14 heteroatoms. The van der Waals surface area contributed by atoms with Crippen molar-refractivity contribution in [1.82, 2.24) is 24.3 Å². The maximum Gasteiger partial charge on any atom is 0.350 e. The van der Waals surface area contributed by atoms with Crippen LogP contribution in [0.4, 0.5) is 5.95 Å². The number of H-pyrrole nitrogens is 1. The van der Waals surface area contributed by atoms with Crippen LogP contribution < -0.4 is 11.0 Å². The Hall–Kier alpha value is -3.22. The van der Waals surface area contributed by atoms with Crippen molar-refractivity contribution in [2.24, 2.45) is 5.16 Å². The van der Waals surface area contributed by atoms with Crippen LogP contribution in [-0.2, 0) is 13.9 Å². The maximum atomic E-state index is 12.7. The van der Waals surface area contributed by atoms with E-state index in [1.165, 1.54) is 6.20 Å². The number of oxime groups is 1. The zero-order chi connectivity index (χ0) is 28.8. The summed E-state index contributed by atoms with van der Waals surface area (Å²) in [5.41, 5.74) is 0.609. The first kappa shape index (κ1) is 29.8. The number of carbonyl (C=O) groups excluding carboxylic acids is 1. The molecule has 1 fully saturated rings. The molecule has 4 atom stereocenters. The molecule has 4 unspecified atom stereocenters. The number of anilines is 1. The van der Waals surface area contributed by atoms with Crippen molar-refractivity contribution in [2.75, 3.05) is 11.9 Å². The molecule has 216 valence electrons. The molecule has 3 N–H and O–H groups in total. The zero-order valence-electron chi connectivity index (χ0n) is 23.2. The Labute approximate surface area is 233 Å². The van der Waals surface area contributed by atoms with Crippen LogP contribution >= 0.6 is 8.53 Å². The summed E-state index contributed by atoms with van der Waals surface area (Å²) in [4.78, 5) is 32.3. The van der Waals surface area contributed by atoms with Crippen molar-refractivity contribution in [3.05, 3.63) is 58.1 Å². The van der Waals surface area contributed by atoms with Gasteiger partial charge in [0.2, 0.25) is 5.95 Å². The Balaban J connectivity index is 1.58. The fourth-order valence-electron chi connectivity index (χ4n) is 4.50. The van der Waals surface area contributed by atoms with Gasteiger partial charge in [-0.25, -0.2) is 9.46 Å². The van der Waals surface area contributed by atoms with Crippen molar-refractivity contribution in [1.29, 1.82) is 0 Å². The van der Waals surface area contributed by atoms with Gasteiger partial charge in [-0.2, -0.15) is 14.6 Å². The number of benzene rings is 1. The van der Waals surface area contributed by atoms with E-state index >= 15 is 0 Å². The van der Waals surface area contributed by atoms with Gasteiger partial charge >= 0.3 is 14.2 Å². The minimum atomic E-state index is -1.61.